The third-order valence-corrected chi connectivity index (χ3v) is 4.23. The summed E-state index contributed by atoms with van der Waals surface area (Å²) in [5.41, 5.74) is 2.10. The minimum atomic E-state index is -0.549. The van der Waals surface area contributed by atoms with Crippen molar-refractivity contribution in [2.75, 3.05) is 6.54 Å². The summed E-state index contributed by atoms with van der Waals surface area (Å²) in [7, 11) is 0. The molecule has 0 bridgehead atoms. The van der Waals surface area contributed by atoms with Gasteiger partial charge in [-0.1, -0.05) is 37.1 Å². The van der Waals surface area contributed by atoms with Gasteiger partial charge in [0.05, 0.1) is 5.60 Å². The van der Waals surface area contributed by atoms with E-state index in [1.54, 1.807) is 0 Å². The average Bonchev–Trinajstić information content (AvgIpc) is 2.92. The van der Waals surface area contributed by atoms with Crippen LogP contribution in [0.2, 0.25) is 0 Å². The smallest absolute Gasteiger partial charge is 0.0852 e. The highest BCUT2D eigenvalue weighted by atomic mass is 16.3. The molecule has 1 aromatic rings. The van der Waals surface area contributed by atoms with Crippen LogP contribution in [0.5, 0.6) is 0 Å². The molecular formula is C15H21NO. The first-order valence-electron chi connectivity index (χ1n) is 6.78. The molecule has 1 saturated carbocycles. The maximum absolute atomic E-state index is 10.6. The molecule has 2 heteroatoms. The fraction of sp³-hybridized carbons (Fsp3) is 0.600. The van der Waals surface area contributed by atoms with E-state index in [2.05, 4.69) is 29.6 Å². The van der Waals surface area contributed by atoms with Crippen LogP contribution in [0.3, 0.4) is 0 Å². The molecule has 2 aliphatic carbocycles. The molecule has 0 radical (unpaired) electrons. The summed E-state index contributed by atoms with van der Waals surface area (Å²) in [6.45, 7) is 0.742. The van der Waals surface area contributed by atoms with Crippen LogP contribution in [0.25, 0.3) is 0 Å². The van der Waals surface area contributed by atoms with Crippen LogP contribution in [0, 0.1) is 0 Å². The number of aliphatic hydroxyl groups is 1. The molecule has 17 heavy (non-hydrogen) atoms. The summed E-state index contributed by atoms with van der Waals surface area (Å²) in [6.07, 6.45) is 6.87. The second-order valence-corrected chi connectivity index (χ2v) is 5.71. The second-order valence-electron chi connectivity index (χ2n) is 5.71. The van der Waals surface area contributed by atoms with Crippen molar-refractivity contribution >= 4 is 0 Å². The van der Waals surface area contributed by atoms with Gasteiger partial charge in [-0.05, 0) is 24.0 Å². The van der Waals surface area contributed by atoms with E-state index in [0.717, 1.165) is 19.4 Å². The lowest BCUT2D eigenvalue weighted by atomic mass is 10.00. The number of nitrogens with one attached hydrogen (secondary N) is 1. The highest BCUT2D eigenvalue weighted by Crippen LogP contribution is 2.30. The van der Waals surface area contributed by atoms with Gasteiger partial charge in [-0.3, -0.25) is 0 Å². The van der Waals surface area contributed by atoms with Crippen LogP contribution < -0.4 is 5.32 Å². The molecule has 0 atom stereocenters. The average molecular weight is 231 g/mol. The number of benzene rings is 1. The van der Waals surface area contributed by atoms with Gasteiger partial charge in [-0.2, -0.15) is 0 Å². The molecule has 0 heterocycles. The van der Waals surface area contributed by atoms with Gasteiger partial charge < -0.3 is 10.4 Å². The topological polar surface area (TPSA) is 32.3 Å². The van der Waals surface area contributed by atoms with Crippen molar-refractivity contribution in [3.8, 4) is 0 Å². The van der Waals surface area contributed by atoms with E-state index in [1.165, 1.54) is 36.8 Å². The Bertz CT molecular complexity index is 371. The molecule has 0 saturated heterocycles. The van der Waals surface area contributed by atoms with Crippen molar-refractivity contribution < 1.29 is 5.11 Å². The number of fused-ring (bicyclic) bond motifs is 1. The van der Waals surface area contributed by atoms with Crippen molar-refractivity contribution in [2.24, 2.45) is 0 Å². The predicted octanol–water partition coefficient (Wildman–Crippen LogP) is 2.05. The van der Waals surface area contributed by atoms with Crippen LogP contribution in [0.15, 0.2) is 24.3 Å². The molecule has 0 unspecified atom stereocenters. The number of rotatable bonds is 3. The SMILES string of the molecule is OC1(CNC2CCCC2)Cc2ccccc2C1. The van der Waals surface area contributed by atoms with Crippen molar-refractivity contribution in [1.29, 1.82) is 0 Å². The minimum Gasteiger partial charge on any atom is -0.388 e. The highest BCUT2D eigenvalue weighted by molar-refractivity contribution is 5.35. The van der Waals surface area contributed by atoms with Crippen molar-refractivity contribution in [1.82, 2.24) is 5.32 Å². The second kappa shape index (κ2) is 4.43. The molecule has 0 amide bonds. The lowest BCUT2D eigenvalue weighted by Crippen LogP contribution is -2.44. The molecule has 2 N–H and O–H groups in total. The van der Waals surface area contributed by atoms with Gasteiger partial charge in [0.25, 0.3) is 0 Å². The van der Waals surface area contributed by atoms with E-state index in [4.69, 9.17) is 0 Å². The van der Waals surface area contributed by atoms with Gasteiger partial charge in [-0.15, -0.1) is 0 Å². The molecule has 2 aliphatic rings. The zero-order valence-electron chi connectivity index (χ0n) is 10.3. The molecule has 2 nitrogen and oxygen atoms in total. The Hall–Kier alpha value is -0.860. The van der Waals surface area contributed by atoms with Gasteiger partial charge in [-0.25, -0.2) is 0 Å². The van der Waals surface area contributed by atoms with Crippen LogP contribution in [0.4, 0.5) is 0 Å². The molecular weight excluding hydrogens is 210 g/mol. The van der Waals surface area contributed by atoms with Crippen LogP contribution in [0.1, 0.15) is 36.8 Å². The van der Waals surface area contributed by atoms with E-state index in [0.29, 0.717) is 6.04 Å². The maximum Gasteiger partial charge on any atom is 0.0852 e. The molecule has 3 rings (SSSR count). The number of hydrogen-bond donors (Lipinski definition) is 2. The van der Waals surface area contributed by atoms with Gasteiger partial charge in [0.1, 0.15) is 0 Å². The van der Waals surface area contributed by atoms with E-state index in [9.17, 15) is 5.11 Å². The first kappa shape index (κ1) is 11.2. The van der Waals surface area contributed by atoms with Gasteiger partial charge >= 0.3 is 0 Å². The van der Waals surface area contributed by atoms with E-state index < -0.39 is 5.60 Å². The van der Waals surface area contributed by atoms with E-state index in [1.807, 2.05) is 0 Å². The molecule has 0 aromatic heterocycles. The Kier molecular flexibility index (Phi) is 2.93. The summed E-state index contributed by atoms with van der Waals surface area (Å²) >= 11 is 0. The predicted molar refractivity (Wildman–Crippen MR) is 69.1 cm³/mol. The first-order chi connectivity index (χ1) is 8.25. The third-order valence-electron chi connectivity index (χ3n) is 4.23. The van der Waals surface area contributed by atoms with Gasteiger partial charge in [0.2, 0.25) is 0 Å². The Morgan fingerprint density at radius 3 is 2.29 bits per heavy atom. The lowest BCUT2D eigenvalue weighted by Gasteiger charge is -2.25. The zero-order valence-corrected chi connectivity index (χ0v) is 10.3. The van der Waals surface area contributed by atoms with Crippen molar-refractivity contribution in [3.05, 3.63) is 35.4 Å². The maximum atomic E-state index is 10.6. The Balaban J connectivity index is 1.61. The first-order valence-corrected chi connectivity index (χ1v) is 6.78. The molecule has 0 spiro atoms. The van der Waals surface area contributed by atoms with Gasteiger partial charge in [0, 0.05) is 25.4 Å². The van der Waals surface area contributed by atoms with E-state index >= 15 is 0 Å². The molecule has 1 aromatic carbocycles. The molecule has 0 aliphatic heterocycles. The normalized spacial score (nSPS) is 22.9. The van der Waals surface area contributed by atoms with Crippen LogP contribution >= 0.6 is 0 Å². The Morgan fingerprint density at radius 1 is 1.12 bits per heavy atom. The quantitative estimate of drug-likeness (QED) is 0.834. The molecule has 1 fully saturated rings. The summed E-state index contributed by atoms with van der Waals surface area (Å²) in [5.74, 6) is 0. The van der Waals surface area contributed by atoms with E-state index in [-0.39, 0.29) is 0 Å². The van der Waals surface area contributed by atoms with Crippen LogP contribution in [-0.4, -0.2) is 23.3 Å². The third kappa shape index (κ3) is 2.38. The molecule has 92 valence electrons. The summed E-state index contributed by atoms with van der Waals surface area (Å²) < 4.78 is 0. The van der Waals surface area contributed by atoms with Crippen LogP contribution in [-0.2, 0) is 12.8 Å². The zero-order chi connectivity index (χ0) is 11.7. The monoisotopic (exact) mass is 231 g/mol. The number of hydrogen-bond acceptors (Lipinski definition) is 2. The summed E-state index contributed by atoms with van der Waals surface area (Å²) in [5, 5.41) is 14.2. The summed E-state index contributed by atoms with van der Waals surface area (Å²) in [4.78, 5) is 0. The minimum absolute atomic E-state index is 0.549. The van der Waals surface area contributed by atoms with Crippen molar-refractivity contribution in [2.45, 2.75) is 50.2 Å². The fourth-order valence-corrected chi connectivity index (χ4v) is 3.26. The standard InChI is InChI=1S/C15H21NO/c17-15(11-16-14-7-3-4-8-14)9-12-5-1-2-6-13(12)10-15/h1-2,5-6,14,16-17H,3-4,7-11H2. The fourth-order valence-electron chi connectivity index (χ4n) is 3.26. The summed E-state index contributed by atoms with van der Waals surface area (Å²) in [6, 6.07) is 9.05. The lowest BCUT2D eigenvalue weighted by molar-refractivity contribution is 0.0485. The van der Waals surface area contributed by atoms with Gasteiger partial charge in [0.15, 0.2) is 0 Å². The Morgan fingerprint density at radius 2 is 1.71 bits per heavy atom. The van der Waals surface area contributed by atoms with Crippen molar-refractivity contribution in [3.63, 3.8) is 0 Å². The highest BCUT2D eigenvalue weighted by Gasteiger charge is 2.35. The Labute approximate surface area is 103 Å². The largest absolute Gasteiger partial charge is 0.388 e.